The molecule has 0 unspecified atom stereocenters. The minimum absolute atomic E-state index is 0. The van der Waals surface area contributed by atoms with Crippen LogP contribution in [0.1, 0.15) is 11.5 Å². The Bertz CT molecular complexity index is 841. The number of aromatic nitrogens is 4. The van der Waals surface area contributed by atoms with E-state index in [1.54, 1.807) is 18.4 Å². The molecular formula is C15H21IN8S. The summed E-state index contributed by atoms with van der Waals surface area (Å²) in [5, 5.41) is 17.9. The van der Waals surface area contributed by atoms with Crippen LogP contribution in [0.5, 0.6) is 0 Å². The fourth-order valence-corrected chi connectivity index (χ4v) is 2.91. The van der Waals surface area contributed by atoms with Crippen LogP contribution in [0.2, 0.25) is 0 Å². The first-order valence-corrected chi connectivity index (χ1v) is 8.40. The predicted octanol–water partition coefficient (Wildman–Crippen LogP) is 1.73. The van der Waals surface area contributed by atoms with Crippen LogP contribution in [0.3, 0.4) is 0 Å². The molecule has 0 spiro atoms. The van der Waals surface area contributed by atoms with Crippen molar-refractivity contribution in [1.29, 1.82) is 0 Å². The molecule has 0 amide bonds. The molecule has 134 valence electrons. The predicted molar refractivity (Wildman–Crippen MR) is 112 cm³/mol. The van der Waals surface area contributed by atoms with Crippen LogP contribution < -0.4 is 15.5 Å². The van der Waals surface area contributed by atoms with Crippen molar-refractivity contribution >= 4 is 52.1 Å². The van der Waals surface area contributed by atoms with E-state index in [1.807, 2.05) is 53.2 Å². The molecule has 0 aromatic carbocycles. The number of hydrogen-bond acceptors (Lipinski definition) is 6. The molecule has 3 heterocycles. The summed E-state index contributed by atoms with van der Waals surface area (Å²) in [6, 6.07) is 5.82. The topological polar surface area (TPSA) is 82.7 Å². The van der Waals surface area contributed by atoms with Crippen LogP contribution in [0, 0.1) is 0 Å². The molecule has 3 rings (SSSR count). The van der Waals surface area contributed by atoms with Gasteiger partial charge in [0.15, 0.2) is 22.6 Å². The molecule has 0 aliphatic rings. The highest BCUT2D eigenvalue weighted by atomic mass is 127. The van der Waals surface area contributed by atoms with E-state index in [0.29, 0.717) is 19.0 Å². The fraction of sp³-hybridized carbons (Fsp3) is 0.333. The van der Waals surface area contributed by atoms with Crippen LogP contribution in [0.15, 0.2) is 34.8 Å². The molecule has 2 N–H and O–H groups in total. The second-order valence-corrected chi connectivity index (χ2v) is 6.18. The molecule has 10 heteroatoms. The van der Waals surface area contributed by atoms with Gasteiger partial charge in [-0.2, -0.15) is 0 Å². The number of nitrogens with zero attached hydrogens (tertiary/aromatic N) is 6. The van der Waals surface area contributed by atoms with Gasteiger partial charge in [0.2, 0.25) is 0 Å². The van der Waals surface area contributed by atoms with Gasteiger partial charge in [0.05, 0.1) is 18.8 Å². The summed E-state index contributed by atoms with van der Waals surface area (Å²) in [7, 11) is 5.71. The molecule has 0 radical (unpaired) electrons. The third-order valence-corrected chi connectivity index (χ3v) is 4.44. The van der Waals surface area contributed by atoms with Crippen molar-refractivity contribution in [1.82, 2.24) is 30.2 Å². The summed E-state index contributed by atoms with van der Waals surface area (Å²) >= 11 is 1.62. The molecular weight excluding hydrogens is 451 g/mol. The van der Waals surface area contributed by atoms with E-state index in [1.165, 1.54) is 0 Å². The monoisotopic (exact) mass is 472 g/mol. The third kappa shape index (κ3) is 4.78. The summed E-state index contributed by atoms with van der Waals surface area (Å²) in [6.07, 6.45) is 1.95. The zero-order chi connectivity index (χ0) is 16.9. The third-order valence-electron chi connectivity index (χ3n) is 3.38. The lowest BCUT2D eigenvalue weighted by Crippen LogP contribution is -2.36. The molecule has 0 saturated carbocycles. The lowest BCUT2D eigenvalue weighted by atomic mass is 10.4. The normalized spacial score (nSPS) is 11.2. The summed E-state index contributed by atoms with van der Waals surface area (Å²) < 4.78 is 1.95. The summed E-state index contributed by atoms with van der Waals surface area (Å²) in [6.45, 7) is 1.15. The lowest BCUT2D eigenvalue weighted by Gasteiger charge is -2.10. The highest BCUT2D eigenvalue weighted by Gasteiger charge is 2.07. The van der Waals surface area contributed by atoms with E-state index < -0.39 is 0 Å². The number of fused-ring (bicyclic) bond motifs is 1. The maximum Gasteiger partial charge on any atom is 0.191 e. The van der Waals surface area contributed by atoms with Gasteiger partial charge in [-0.3, -0.25) is 9.39 Å². The van der Waals surface area contributed by atoms with E-state index in [-0.39, 0.29) is 24.0 Å². The van der Waals surface area contributed by atoms with Crippen LogP contribution in [-0.4, -0.2) is 46.7 Å². The Morgan fingerprint density at radius 3 is 2.76 bits per heavy atom. The molecule has 3 aromatic rings. The molecule has 8 nitrogen and oxygen atoms in total. The Kier molecular flexibility index (Phi) is 6.93. The minimum atomic E-state index is 0. The standard InChI is InChI=1S/C15H20N8S.HI/c1-16-14(17-8-11-10-24-15(19-11)22(2)3)18-9-13-21-20-12-6-4-5-7-23(12)13;/h4-7,10H,8-9H2,1-3H3,(H2,16,17,18);1H. The minimum Gasteiger partial charge on any atom is -0.354 e. The first kappa shape index (κ1) is 19.4. The molecule has 3 aromatic heterocycles. The Labute approximate surface area is 167 Å². The van der Waals surface area contributed by atoms with Gasteiger partial charge in [-0.15, -0.1) is 45.5 Å². The zero-order valence-corrected chi connectivity index (χ0v) is 17.4. The molecule has 0 aliphatic heterocycles. The number of aliphatic imine (C=N–C) groups is 1. The van der Waals surface area contributed by atoms with Crippen molar-refractivity contribution in [2.24, 2.45) is 4.99 Å². The fourth-order valence-electron chi connectivity index (χ4n) is 2.15. The van der Waals surface area contributed by atoms with Gasteiger partial charge in [0, 0.05) is 32.7 Å². The number of thiazole rings is 1. The van der Waals surface area contributed by atoms with Crippen LogP contribution in [0.4, 0.5) is 5.13 Å². The van der Waals surface area contributed by atoms with Crippen molar-refractivity contribution in [3.05, 3.63) is 41.3 Å². The van der Waals surface area contributed by atoms with Crippen LogP contribution >= 0.6 is 35.3 Å². The average molecular weight is 472 g/mol. The zero-order valence-electron chi connectivity index (χ0n) is 14.3. The number of anilines is 1. The van der Waals surface area contributed by atoms with Crippen LogP contribution in [0.25, 0.3) is 5.65 Å². The molecule has 0 fully saturated rings. The number of pyridine rings is 1. The summed E-state index contributed by atoms with van der Waals surface area (Å²) in [5.41, 5.74) is 1.82. The highest BCUT2D eigenvalue weighted by molar-refractivity contribution is 14.0. The Morgan fingerprint density at radius 2 is 2.04 bits per heavy atom. The van der Waals surface area contributed by atoms with Crippen molar-refractivity contribution in [3.63, 3.8) is 0 Å². The highest BCUT2D eigenvalue weighted by Crippen LogP contribution is 2.17. The smallest absolute Gasteiger partial charge is 0.191 e. The second-order valence-electron chi connectivity index (χ2n) is 5.34. The molecule has 25 heavy (non-hydrogen) atoms. The molecule has 0 bridgehead atoms. The first-order valence-electron chi connectivity index (χ1n) is 7.52. The van der Waals surface area contributed by atoms with Crippen molar-refractivity contribution in [3.8, 4) is 0 Å². The second kappa shape index (κ2) is 8.94. The van der Waals surface area contributed by atoms with Crippen molar-refractivity contribution < 1.29 is 0 Å². The van der Waals surface area contributed by atoms with E-state index in [4.69, 9.17) is 0 Å². The quantitative estimate of drug-likeness (QED) is 0.335. The van der Waals surface area contributed by atoms with Crippen molar-refractivity contribution in [2.45, 2.75) is 13.1 Å². The number of hydrogen-bond donors (Lipinski definition) is 2. The Balaban J connectivity index is 0.00000225. The average Bonchev–Trinajstić information content (AvgIpc) is 3.22. The maximum absolute atomic E-state index is 4.54. The Morgan fingerprint density at radius 1 is 1.24 bits per heavy atom. The van der Waals surface area contributed by atoms with Crippen molar-refractivity contribution in [2.75, 3.05) is 26.0 Å². The van der Waals surface area contributed by atoms with Gasteiger partial charge < -0.3 is 15.5 Å². The summed E-state index contributed by atoms with van der Waals surface area (Å²) in [4.78, 5) is 10.8. The molecule has 0 atom stereocenters. The number of nitrogens with one attached hydrogen (secondary N) is 2. The summed E-state index contributed by atoms with van der Waals surface area (Å²) in [5.74, 6) is 1.53. The van der Waals surface area contributed by atoms with Gasteiger partial charge in [-0.25, -0.2) is 4.98 Å². The number of halogens is 1. The van der Waals surface area contributed by atoms with E-state index in [2.05, 4.69) is 30.8 Å². The Hall–Kier alpha value is -1.95. The van der Waals surface area contributed by atoms with Gasteiger partial charge in [-0.1, -0.05) is 6.07 Å². The van der Waals surface area contributed by atoms with Gasteiger partial charge in [0.25, 0.3) is 0 Å². The number of guanidine groups is 1. The largest absolute Gasteiger partial charge is 0.354 e. The maximum atomic E-state index is 4.54. The van der Waals surface area contributed by atoms with Crippen LogP contribution in [-0.2, 0) is 13.1 Å². The lowest BCUT2D eigenvalue weighted by molar-refractivity contribution is 0.757. The van der Waals surface area contributed by atoms with E-state index in [0.717, 1.165) is 22.3 Å². The molecule has 0 saturated heterocycles. The van der Waals surface area contributed by atoms with Gasteiger partial charge in [-0.05, 0) is 12.1 Å². The van der Waals surface area contributed by atoms with E-state index >= 15 is 0 Å². The molecule has 0 aliphatic carbocycles. The van der Waals surface area contributed by atoms with Gasteiger partial charge >= 0.3 is 0 Å². The van der Waals surface area contributed by atoms with Gasteiger partial charge in [0.1, 0.15) is 0 Å². The SMILES string of the molecule is CN=C(NCc1csc(N(C)C)n1)NCc1nnc2ccccn12.I. The number of rotatable bonds is 5. The first-order chi connectivity index (χ1) is 11.7. The van der Waals surface area contributed by atoms with E-state index in [9.17, 15) is 0 Å².